The summed E-state index contributed by atoms with van der Waals surface area (Å²) in [5, 5.41) is 13.0. The highest BCUT2D eigenvalue weighted by atomic mass is 31.2. The number of ketones is 1. The number of allylic oxidation sites excluding steroid dienone is 1. The maximum atomic E-state index is 12.8. The fourth-order valence-corrected chi connectivity index (χ4v) is 15.5. The minimum Gasteiger partial charge on any atom is -0.446 e. The van der Waals surface area contributed by atoms with Gasteiger partial charge in [-0.1, -0.05) is 104 Å². The summed E-state index contributed by atoms with van der Waals surface area (Å²) in [5.41, 5.74) is 2.22. The first-order valence-electron chi connectivity index (χ1n) is 32.2. The molecule has 0 radical (unpaired) electrons. The molecule has 4 aliphatic rings. The number of Topliss-reactive ketones (excluding diaryl/α,β-unsaturated/α-hetero) is 1. The first-order valence-corrected chi connectivity index (χ1v) is 36.7. The number of rotatable bonds is 51. The van der Waals surface area contributed by atoms with Gasteiger partial charge in [-0.25, -0.2) is 18.5 Å². The predicted molar refractivity (Wildman–Crippen MR) is 322 cm³/mol. The molecule has 0 aromatic rings. The lowest BCUT2D eigenvalue weighted by molar-refractivity contribution is -0.119. The molecule has 12 atom stereocenters. The maximum Gasteiger partial charge on any atom is 0.474 e. The molecule has 0 aromatic carbocycles. The number of phosphoric acid groups is 3. The lowest BCUT2D eigenvalue weighted by Crippen LogP contribution is -2.51. The lowest BCUT2D eigenvalue weighted by Gasteiger charge is -2.58. The van der Waals surface area contributed by atoms with E-state index in [2.05, 4.69) is 59.6 Å². The summed E-state index contributed by atoms with van der Waals surface area (Å²) < 4.78 is 97.2. The molecule has 0 saturated heterocycles. The monoisotopic (exact) mass is 1280 g/mol. The number of nitrogens with one attached hydrogen (secondary N) is 1. The molecule has 3 saturated carbocycles. The van der Waals surface area contributed by atoms with Gasteiger partial charge in [0.2, 0.25) is 0 Å². The van der Waals surface area contributed by atoms with Crippen molar-refractivity contribution in [3.05, 3.63) is 11.6 Å². The van der Waals surface area contributed by atoms with Crippen LogP contribution >= 0.6 is 23.5 Å². The number of carbonyl (C=O) groups is 2. The molecule has 4 unspecified atom stereocenters. The number of alkyl carbamates (subject to hydrolysis) is 1. The van der Waals surface area contributed by atoms with E-state index in [0.717, 1.165) is 99.7 Å². The molecule has 4 aliphatic carbocycles. The molecule has 0 aliphatic heterocycles. The van der Waals surface area contributed by atoms with Crippen LogP contribution in [-0.4, -0.2) is 150 Å². The number of aliphatic hydroxyl groups is 1. The van der Waals surface area contributed by atoms with E-state index >= 15 is 0 Å². The topological polar surface area (TPSA) is 289 Å². The zero-order chi connectivity index (χ0) is 62.0. The average Bonchev–Trinajstić information content (AvgIpc) is 1.82. The molecule has 22 nitrogen and oxygen atoms in total. The van der Waals surface area contributed by atoms with Crippen molar-refractivity contribution in [3.63, 3.8) is 0 Å². The molecule has 0 spiro atoms. The van der Waals surface area contributed by atoms with Crippen LogP contribution in [0.1, 0.15) is 196 Å². The van der Waals surface area contributed by atoms with E-state index in [4.69, 9.17) is 42.0 Å². The Morgan fingerprint density at radius 3 is 1.82 bits per heavy atom. The number of ether oxygens (including phenoxy) is 6. The van der Waals surface area contributed by atoms with Crippen LogP contribution < -0.4 is 5.32 Å². The second-order valence-corrected chi connectivity index (χ2v) is 29.1. The fraction of sp³-hybridized carbons (Fsp3) is 0.933. The van der Waals surface area contributed by atoms with Crippen molar-refractivity contribution in [2.24, 2.45) is 46.3 Å². The maximum absolute atomic E-state index is 12.8. The van der Waals surface area contributed by atoms with Gasteiger partial charge in [0.05, 0.1) is 79.3 Å². The van der Waals surface area contributed by atoms with E-state index in [1.165, 1.54) is 56.9 Å². The number of phosphoric ester groups is 3. The molecule has 25 heteroatoms. The van der Waals surface area contributed by atoms with Crippen molar-refractivity contribution in [2.75, 3.05) is 106 Å². The fourth-order valence-electron chi connectivity index (χ4n) is 13.5. The molecule has 4 rings (SSSR count). The molecule has 3 fully saturated rings. The van der Waals surface area contributed by atoms with Gasteiger partial charge in [0.25, 0.3) is 0 Å². The van der Waals surface area contributed by atoms with Crippen LogP contribution in [0.2, 0.25) is 0 Å². The first-order chi connectivity index (χ1) is 40.6. The summed E-state index contributed by atoms with van der Waals surface area (Å²) in [4.78, 5) is 54.1. The Labute approximate surface area is 509 Å². The zero-order valence-corrected chi connectivity index (χ0v) is 55.2. The van der Waals surface area contributed by atoms with Gasteiger partial charge in [-0.05, 0) is 130 Å². The average molecular weight is 1280 g/mol. The predicted octanol–water partition coefficient (Wildman–Crippen LogP) is 12.6. The second kappa shape index (κ2) is 41.3. The minimum atomic E-state index is -4.77. The summed E-state index contributed by atoms with van der Waals surface area (Å²) in [6, 6.07) is 0. The smallest absolute Gasteiger partial charge is 0.446 e. The second-order valence-electron chi connectivity index (χ2n) is 24.8. The van der Waals surface area contributed by atoms with E-state index in [0.29, 0.717) is 83.5 Å². The third-order valence-electron chi connectivity index (χ3n) is 17.9. The van der Waals surface area contributed by atoms with E-state index in [1.54, 1.807) is 6.92 Å². The van der Waals surface area contributed by atoms with Crippen LogP contribution in [0, 0.1) is 46.3 Å². The van der Waals surface area contributed by atoms with E-state index in [9.17, 15) is 43.1 Å². The van der Waals surface area contributed by atoms with Crippen LogP contribution in [0.15, 0.2) is 11.6 Å². The third kappa shape index (κ3) is 30.2. The van der Waals surface area contributed by atoms with Crippen molar-refractivity contribution in [2.45, 2.75) is 208 Å². The van der Waals surface area contributed by atoms with Crippen molar-refractivity contribution in [3.8, 4) is 0 Å². The SMILES string of the molecule is CCOP(=O)(O)OCCCCCCCCCCC(=O)CCCCOCC(O)COP(=O)(O)OCOP(=O)(O)OCCOCCOCCOCCOCCCNC(=O)O[C@H]1CC[C@@]2(C)C(=CC[C@H]3[C@@H]4CC[C@H]([C@H](C)CCCC(C)C)[C@@]4(C)CC[C@@H]32)C1. The molecule has 1 amide bonds. The summed E-state index contributed by atoms with van der Waals surface area (Å²) in [5.74, 6) is 5.00. The highest BCUT2D eigenvalue weighted by Crippen LogP contribution is 2.67. The largest absolute Gasteiger partial charge is 0.474 e. The van der Waals surface area contributed by atoms with Gasteiger partial charge in [0, 0.05) is 39.0 Å². The van der Waals surface area contributed by atoms with Gasteiger partial charge in [0.1, 0.15) is 18.0 Å². The van der Waals surface area contributed by atoms with Crippen LogP contribution in [-0.2, 0) is 74.1 Å². The quantitative estimate of drug-likeness (QED) is 0.0164. The highest BCUT2D eigenvalue weighted by molar-refractivity contribution is 7.48. The Bertz CT molecular complexity index is 2040. The molecule has 0 bridgehead atoms. The van der Waals surface area contributed by atoms with Crippen LogP contribution in [0.25, 0.3) is 0 Å². The number of unbranched alkanes of at least 4 members (excludes halogenated alkanes) is 8. The third-order valence-corrected chi connectivity index (χ3v) is 20.9. The van der Waals surface area contributed by atoms with Crippen molar-refractivity contribution >= 4 is 35.3 Å². The molecular weight excluding hydrogens is 1160 g/mol. The number of hydrogen-bond acceptors (Lipinski definition) is 18. The summed E-state index contributed by atoms with van der Waals surface area (Å²) in [6.07, 6.45) is 24.9. The Morgan fingerprint density at radius 2 is 1.16 bits per heavy atom. The summed E-state index contributed by atoms with van der Waals surface area (Å²) >= 11 is 0. The van der Waals surface area contributed by atoms with Gasteiger partial charge < -0.3 is 53.5 Å². The molecule has 5 N–H and O–H groups in total. The van der Waals surface area contributed by atoms with E-state index < -0.39 is 43.0 Å². The Hall–Kier alpha value is -1.23. The number of amides is 1. The number of fused-ring (bicyclic) bond motifs is 5. The number of hydrogen-bond donors (Lipinski definition) is 5. The Morgan fingerprint density at radius 1 is 0.600 bits per heavy atom. The van der Waals surface area contributed by atoms with Gasteiger partial charge in [-0.15, -0.1) is 0 Å². The highest BCUT2D eigenvalue weighted by Gasteiger charge is 2.59. The normalized spacial score (nSPS) is 25.9. The Balaban J connectivity index is 0.873. The van der Waals surface area contributed by atoms with Gasteiger partial charge in [0.15, 0.2) is 6.79 Å². The van der Waals surface area contributed by atoms with Crippen molar-refractivity contribution in [1.29, 1.82) is 0 Å². The van der Waals surface area contributed by atoms with E-state index in [1.807, 2.05) is 0 Å². The van der Waals surface area contributed by atoms with Crippen LogP contribution in [0.4, 0.5) is 4.79 Å². The molecule has 0 aromatic heterocycles. The molecular formula is C60H112NO21P3. The zero-order valence-electron chi connectivity index (χ0n) is 52.6. The van der Waals surface area contributed by atoms with Gasteiger partial charge in [-0.2, -0.15) is 0 Å². The summed E-state index contributed by atoms with van der Waals surface area (Å²) in [7, 11) is -13.3. The molecule has 85 heavy (non-hydrogen) atoms. The minimum absolute atomic E-state index is 0.0696. The number of aliphatic hydroxyl groups excluding tert-OH is 1. The Kier molecular flexibility index (Phi) is 37.0. The van der Waals surface area contributed by atoms with Crippen LogP contribution in [0.5, 0.6) is 0 Å². The van der Waals surface area contributed by atoms with Crippen molar-refractivity contribution in [1.82, 2.24) is 5.32 Å². The number of carbonyl (C=O) groups excluding carboxylic acids is 2. The first kappa shape index (κ1) is 76.2. The van der Waals surface area contributed by atoms with Gasteiger partial charge >= 0.3 is 29.6 Å². The van der Waals surface area contributed by atoms with E-state index in [-0.39, 0.29) is 76.3 Å². The standard InChI is InChI=1S/C60H112NO21P3/c1-7-76-83(65,66)77-35-16-13-11-9-8-10-12-14-22-51(62)23-15-17-33-75-45-52(63)46-79-85(69,70)81-47-80-84(67,68)78-43-42-74-41-40-73-39-38-72-37-36-71-34-19-32-61-58(64)82-53-28-30-59(5)50(44-53)24-25-54-56-27-26-55(49(4)21-18-20-48(2)3)60(56,6)31-29-57(54)59/h24,48-49,52-57,63H,7-23,25-47H2,1-6H3,(H,61,64)(H,65,66)(H,67,68)(H,69,70)/t49-,52?,53+,54+,55-,56+,57+,59+,60-/m1/s1. The summed E-state index contributed by atoms with van der Waals surface area (Å²) in [6.45, 7) is 15.1. The van der Waals surface area contributed by atoms with Gasteiger partial charge in [-0.3, -0.25) is 31.9 Å². The van der Waals surface area contributed by atoms with Crippen molar-refractivity contribution < 1.29 is 98.6 Å². The van der Waals surface area contributed by atoms with Crippen LogP contribution in [0.3, 0.4) is 0 Å². The molecule has 498 valence electrons. The molecule has 0 heterocycles. The lowest BCUT2D eigenvalue weighted by atomic mass is 9.47.